The fourth-order valence-corrected chi connectivity index (χ4v) is 3.82. The minimum absolute atomic E-state index is 0.0316. The van der Waals surface area contributed by atoms with Crippen LogP contribution in [0.3, 0.4) is 0 Å². The molecular formula is C23H28N4O3S. The molecule has 8 heteroatoms. The lowest BCUT2D eigenvalue weighted by Gasteiger charge is -2.13. The van der Waals surface area contributed by atoms with Crippen molar-refractivity contribution >= 4 is 17.7 Å². The van der Waals surface area contributed by atoms with E-state index in [1.807, 2.05) is 60.9 Å². The zero-order valence-electron chi connectivity index (χ0n) is 18.1. The molecule has 3 aromatic rings. The van der Waals surface area contributed by atoms with Crippen molar-refractivity contribution in [2.24, 2.45) is 0 Å². The SMILES string of the molecule is COCCn1c(COc2ccccc2-c2ccccc2)nnc1SCC(=O)NC(C)C. The van der Waals surface area contributed by atoms with Gasteiger partial charge in [0.2, 0.25) is 5.91 Å². The molecule has 0 saturated carbocycles. The van der Waals surface area contributed by atoms with E-state index in [-0.39, 0.29) is 24.3 Å². The Morgan fingerprint density at radius 3 is 2.58 bits per heavy atom. The maximum Gasteiger partial charge on any atom is 0.230 e. The monoisotopic (exact) mass is 440 g/mol. The molecule has 1 amide bonds. The van der Waals surface area contributed by atoms with Gasteiger partial charge in [-0.25, -0.2) is 0 Å². The average Bonchev–Trinajstić information content (AvgIpc) is 3.16. The summed E-state index contributed by atoms with van der Waals surface area (Å²) in [6, 6.07) is 18.1. The van der Waals surface area contributed by atoms with Gasteiger partial charge in [-0.05, 0) is 25.5 Å². The maximum atomic E-state index is 12.0. The Morgan fingerprint density at radius 1 is 1.10 bits per heavy atom. The minimum Gasteiger partial charge on any atom is -0.485 e. The molecule has 0 radical (unpaired) electrons. The molecule has 164 valence electrons. The smallest absolute Gasteiger partial charge is 0.230 e. The molecule has 0 bridgehead atoms. The summed E-state index contributed by atoms with van der Waals surface area (Å²) in [5, 5.41) is 12.1. The van der Waals surface area contributed by atoms with E-state index >= 15 is 0 Å². The zero-order valence-corrected chi connectivity index (χ0v) is 18.9. The van der Waals surface area contributed by atoms with Crippen LogP contribution in [0.15, 0.2) is 59.8 Å². The molecule has 7 nitrogen and oxygen atoms in total. The average molecular weight is 441 g/mol. The molecule has 0 spiro atoms. The molecule has 0 aliphatic rings. The number of aromatic nitrogens is 3. The first kappa shape index (κ1) is 22.8. The van der Waals surface area contributed by atoms with E-state index in [1.54, 1.807) is 7.11 Å². The number of benzene rings is 2. The van der Waals surface area contributed by atoms with Crippen molar-refractivity contribution in [1.29, 1.82) is 0 Å². The van der Waals surface area contributed by atoms with E-state index in [9.17, 15) is 4.79 Å². The lowest BCUT2D eigenvalue weighted by atomic mass is 10.1. The summed E-state index contributed by atoms with van der Waals surface area (Å²) in [5.41, 5.74) is 2.11. The summed E-state index contributed by atoms with van der Waals surface area (Å²) in [5.74, 6) is 1.71. The zero-order chi connectivity index (χ0) is 22.1. The van der Waals surface area contributed by atoms with Crippen molar-refractivity contribution < 1.29 is 14.3 Å². The first-order chi connectivity index (χ1) is 15.1. The van der Waals surface area contributed by atoms with Gasteiger partial charge in [0.1, 0.15) is 12.4 Å². The number of hydrogen-bond acceptors (Lipinski definition) is 6. The van der Waals surface area contributed by atoms with Crippen LogP contribution in [-0.2, 0) is 22.7 Å². The van der Waals surface area contributed by atoms with Gasteiger partial charge in [0.15, 0.2) is 11.0 Å². The number of methoxy groups -OCH3 is 1. The molecule has 3 rings (SSSR count). The number of rotatable bonds is 11. The fraction of sp³-hybridized carbons (Fsp3) is 0.348. The van der Waals surface area contributed by atoms with Gasteiger partial charge in [-0.2, -0.15) is 0 Å². The molecule has 0 aliphatic heterocycles. The molecule has 0 saturated heterocycles. The molecule has 1 N–H and O–H groups in total. The molecule has 0 atom stereocenters. The van der Waals surface area contributed by atoms with Crippen molar-refractivity contribution in [3.8, 4) is 16.9 Å². The van der Waals surface area contributed by atoms with Crippen LogP contribution in [0.5, 0.6) is 5.75 Å². The van der Waals surface area contributed by atoms with Crippen molar-refractivity contribution in [1.82, 2.24) is 20.1 Å². The van der Waals surface area contributed by atoms with Gasteiger partial charge in [0, 0.05) is 25.3 Å². The van der Waals surface area contributed by atoms with Gasteiger partial charge >= 0.3 is 0 Å². The molecule has 0 unspecified atom stereocenters. The van der Waals surface area contributed by atoms with Crippen molar-refractivity contribution in [2.75, 3.05) is 19.5 Å². The van der Waals surface area contributed by atoms with Crippen LogP contribution in [0.1, 0.15) is 19.7 Å². The van der Waals surface area contributed by atoms with Crippen molar-refractivity contribution in [3.63, 3.8) is 0 Å². The standard InChI is InChI=1S/C23H28N4O3S/c1-17(2)24-22(28)16-31-23-26-25-21(27(23)13-14-29-3)15-30-20-12-8-7-11-19(20)18-9-5-4-6-10-18/h4-12,17H,13-16H2,1-3H3,(H,24,28). The second-order valence-electron chi connectivity index (χ2n) is 7.20. The highest BCUT2D eigenvalue weighted by atomic mass is 32.2. The predicted molar refractivity (Wildman–Crippen MR) is 122 cm³/mol. The number of amides is 1. The number of carbonyl (C=O) groups excluding carboxylic acids is 1. The summed E-state index contributed by atoms with van der Waals surface area (Å²) >= 11 is 1.36. The number of thioether (sulfide) groups is 1. The van der Waals surface area contributed by atoms with E-state index in [0.717, 1.165) is 16.9 Å². The highest BCUT2D eigenvalue weighted by molar-refractivity contribution is 7.99. The van der Waals surface area contributed by atoms with Crippen LogP contribution in [0.4, 0.5) is 0 Å². The van der Waals surface area contributed by atoms with Crippen LogP contribution in [0.25, 0.3) is 11.1 Å². The van der Waals surface area contributed by atoms with E-state index in [1.165, 1.54) is 11.8 Å². The number of nitrogens with zero attached hydrogens (tertiary/aromatic N) is 3. The Hall–Kier alpha value is -2.84. The molecule has 1 heterocycles. The van der Waals surface area contributed by atoms with Gasteiger partial charge in [0.05, 0.1) is 12.4 Å². The summed E-state index contributed by atoms with van der Waals surface area (Å²) in [6.45, 7) is 5.23. The molecular weight excluding hydrogens is 412 g/mol. The Kier molecular flexibility index (Phi) is 8.49. The van der Waals surface area contributed by atoms with Crippen LogP contribution in [0, 0.1) is 0 Å². The predicted octanol–water partition coefficient (Wildman–Crippen LogP) is 3.79. The molecule has 2 aromatic carbocycles. The Bertz CT molecular complexity index is 976. The molecule has 31 heavy (non-hydrogen) atoms. The third-order valence-electron chi connectivity index (χ3n) is 4.42. The first-order valence-electron chi connectivity index (χ1n) is 10.2. The van der Waals surface area contributed by atoms with Gasteiger partial charge in [-0.3, -0.25) is 4.79 Å². The van der Waals surface area contributed by atoms with E-state index in [0.29, 0.717) is 24.1 Å². The Balaban J connectivity index is 1.73. The van der Waals surface area contributed by atoms with Crippen LogP contribution >= 0.6 is 11.8 Å². The van der Waals surface area contributed by atoms with Crippen molar-refractivity contribution in [3.05, 3.63) is 60.4 Å². The lowest BCUT2D eigenvalue weighted by molar-refractivity contribution is -0.119. The lowest BCUT2D eigenvalue weighted by Crippen LogP contribution is -2.31. The fourth-order valence-electron chi connectivity index (χ4n) is 3.02. The highest BCUT2D eigenvalue weighted by Crippen LogP contribution is 2.30. The highest BCUT2D eigenvalue weighted by Gasteiger charge is 2.16. The van der Waals surface area contributed by atoms with Gasteiger partial charge in [-0.1, -0.05) is 60.3 Å². The van der Waals surface area contributed by atoms with Gasteiger partial charge in [-0.15, -0.1) is 10.2 Å². The maximum absolute atomic E-state index is 12.0. The number of para-hydroxylation sites is 1. The van der Waals surface area contributed by atoms with Crippen LogP contribution in [0.2, 0.25) is 0 Å². The largest absolute Gasteiger partial charge is 0.485 e. The number of carbonyl (C=O) groups is 1. The first-order valence-corrected chi connectivity index (χ1v) is 11.2. The summed E-state index contributed by atoms with van der Waals surface area (Å²) < 4.78 is 13.3. The molecule has 0 fully saturated rings. The second kappa shape index (κ2) is 11.5. The third kappa shape index (κ3) is 6.57. The Labute approximate surface area is 187 Å². The van der Waals surface area contributed by atoms with Crippen molar-refractivity contribution in [2.45, 2.75) is 38.2 Å². The van der Waals surface area contributed by atoms with E-state index < -0.39 is 0 Å². The van der Waals surface area contributed by atoms with E-state index in [4.69, 9.17) is 9.47 Å². The summed E-state index contributed by atoms with van der Waals surface area (Å²) in [4.78, 5) is 12.0. The third-order valence-corrected chi connectivity index (χ3v) is 5.39. The quantitative estimate of drug-likeness (QED) is 0.457. The molecule has 0 aliphatic carbocycles. The van der Waals surface area contributed by atoms with Gasteiger partial charge < -0.3 is 19.4 Å². The molecule has 1 aromatic heterocycles. The van der Waals surface area contributed by atoms with Crippen LogP contribution in [-0.4, -0.2) is 46.2 Å². The van der Waals surface area contributed by atoms with Gasteiger partial charge in [0.25, 0.3) is 0 Å². The van der Waals surface area contributed by atoms with Crippen LogP contribution < -0.4 is 10.1 Å². The second-order valence-corrected chi connectivity index (χ2v) is 8.15. The summed E-state index contributed by atoms with van der Waals surface area (Å²) in [6.07, 6.45) is 0. The Morgan fingerprint density at radius 2 is 1.84 bits per heavy atom. The van der Waals surface area contributed by atoms with E-state index in [2.05, 4.69) is 27.6 Å². The number of nitrogens with one attached hydrogen (secondary N) is 1. The number of hydrogen-bond donors (Lipinski definition) is 1. The summed E-state index contributed by atoms with van der Waals surface area (Å²) in [7, 11) is 1.65. The number of ether oxygens (including phenoxy) is 2. The minimum atomic E-state index is -0.0316. The normalized spacial score (nSPS) is 11.0. The topological polar surface area (TPSA) is 78.3 Å².